The van der Waals surface area contributed by atoms with Gasteiger partial charge in [-0.1, -0.05) is 24.3 Å². The Morgan fingerprint density at radius 3 is 2.40 bits per heavy atom. The summed E-state index contributed by atoms with van der Waals surface area (Å²) in [5.41, 5.74) is 2.92. The highest BCUT2D eigenvalue weighted by molar-refractivity contribution is 5.95. The Balaban J connectivity index is 0.985. The summed E-state index contributed by atoms with van der Waals surface area (Å²) >= 11 is 0. The summed E-state index contributed by atoms with van der Waals surface area (Å²) in [5, 5.41) is 11.2. The number of benzene rings is 3. The van der Waals surface area contributed by atoms with E-state index in [2.05, 4.69) is 30.4 Å². The van der Waals surface area contributed by atoms with E-state index in [9.17, 15) is 14.0 Å². The van der Waals surface area contributed by atoms with Gasteiger partial charge in [0.25, 0.3) is 11.5 Å². The lowest BCUT2D eigenvalue weighted by molar-refractivity contribution is 0.0624. The summed E-state index contributed by atoms with van der Waals surface area (Å²) in [6.07, 6.45) is 3.17. The van der Waals surface area contributed by atoms with Gasteiger partial charge >= 0.3 is 0 Å². The number of carbonyl (C=O) groups excluding carboxylic acids is 1. The van der Waals surface area contributed by atoms with Gasteiger partial charge in [-0.15, -0.1) is 0 Å². The Bertz CT molecular complexity index is 2330. The number of fused-ring (bicyclic) bond motifs is 1. The fraction of sp³-hybridized carbons (Fsp3) is 0.205. The van der Waals surface area contributed by atoms with Crippen molar-refractivity contribution < 1.29 is 23.0 Å². The molecule has 264 valence electrons. The zero-order valence-corrected chi connectivity index (χ0v) is 28.5. The van der Waals surface area contributed by atoms with Crippen molar-refractivity contribution in [3.63, 3.8) is 0 Å². The summed E-state index contributed by atoms with van der Waals surface area (Å²) in [6, 6.07) is 22.3. The van der Waals surface area contributed by atoms with Crippen LogP contribution in [0.15, 0.2) is 96.1 Å². The Hall–Kier alpha value is -6.21. The smallest absolute Gasteiger partial charge is 0.272 e. The summed E-state index contributed by atoms with van der Waals surface area (Å²) in [5.74, 6) is 0.550. The molecule has 0 saturated carbocycles. The fourth-order valence-electron chi connectivity index (χ4n) is 6.39. The van der Waals surface area contributed by atoms with Crippen LogP contribution in [0.3, 0.4) is 0 Å². The molecule has 1 saturated heterocycles. The van der Waals surface area contributed by atoms with Crippen LogP contribution < -0.4 is 20.3 Å². The first-order valence-electron chi connectivity index (χ1n) is 16.7. The van der Waals surface area contributed by atoms with Gasteiger partial charge in [0, 0.05) is 67.9 Å². The number of nitrogens with zero attached hydrogens (tertiary/aromatic N) is 5. The molecular formula is C39H35F2N7O4. The lowest BCUT2D eigenvalue weighted by Gasteiger charge is -2.35. The standard InChI is InChI=1S/C39H35F2N7O4/c1-51-26-8-9-28(35(20-26)52-2)30-21-37(43-22-33(30)41)44-36-19-25(11-12-42-36)23-47-13-15-48(16-14-47)39(50)31-17-24(7-10-32(31)40)18-34-27-5-3-4-6-29(27)38(49)46-45-34/h3-12,17,19-22H,13-16,18,23H2,1-2H3,(H,46,49)(H,42,43,44). The first-order valence-corrected chi connectivity index (χ1v) is 16.7. The number of aromatic nitrogens is 4. The number of methoxy groups -OCH3 is 2. The molecule has 1 amide bonds. The van der Waals surface area contributed by atoms with Gasteiger partial charge in [0.15, 0.2) is 0 Å². The molecule has 1 aliphatic rings. The number of piperazine rings is 1. The normalized spacial score (nSPS) is 13.3. The van der Waals surface area contributed by atoms with Gasteiger partial charge in [0.2, 0.25) is 0 Å². The summed E-state index contributed by atoms with van der Waals surface area (Å²) < 4.78 is 40.7. The van der Waals surface area contributed by atoms with Crippen molar-refractivity contribution in [2.45, 2.75) is 13.0 Å². The number of rotatable bonds is 10. The van der Waals surface area contributed by atoms with E-state index >= 15 is 4.39 Å². The number of hydrogen-bond acceptors (Lipinski definition) is 9. The van der Waals surface area contributed by atoms with E-state index < -0.39 is 11.6 Å². The minimum atomic E-state index is -0.585. The molecule has 0 bridgehead atoms. The minimum Gasteiger partial charge on any atom is -0.497 e. The van der Waals surface area contributed by atoms with E-state index in [4.69, 9.17) is 9.47 Å². The van der Waals surface area contributed by atoms with Gasteiger partial charge in [0.05, 0.1) is 37.1 Å². The van der Waals surface area contributed by atoms with Crippen molar-refractivity contribution in [1.82, 2.24) is 30.0 Å². The molecule has 0 radical (unpaired) electrons. The number of amides is 1. The predicted molar refractivity (Wildman–Crippen MR) is 193 cm³/mol. The van der Waals surface area contributed by atoms with Crippen LogP contribution >= 0.6 is 0 Å². The zero-order valence-electron chi connectivity index (χ0n) is 28.5. The Kier molecular flexibility index (Phi) is 9.85. The van der Waals surface area contributed by atoms with E-state index in [1.807, 2.05) is 24.3 Å². The molecule has 2 N–H and O–H groups in total. The van der Waals surface area contributed by atoms with Gasteiger partial charge < -0.3 is 19.7 Å². The number of ether oxygens (including phenoxy) is 2. The Morgan fingerprint density at radius 1 is 0.827 bits per heavy atom. The highest BCUT2D eigenvalue weighted by atomic mass is 19.1. The molecule has 52 heavy (non-hydrogen) atoms. The van der Waals surface area contributed by atoms with Crippen LogP contribution in [-0.4, -0.2) is 76.3 Å². The second-order valence-corrected chi connectivity index (χ2v) is 12.4. The number of nitrogens with one attached hydrogen (secondary N) is 2. The maximum absolute atomic E-state index is 15.0. The lowest BCUT2D eigenvalue weighted by Crippen LogP contribution is -2.48. The second kappa shape index (κ2) is 15.0. The van der Waals surface area contributed by atoms with E-state index in [1.165, 1.54) is 13.2 Å². The predicted octanol–water partition coefficient (Wildman–Crippen LogP) is 5.97. The first-order chi connectivity index (χ1) is 25.3. The molecule has 3 aromatic carbocycles. The van der Waals surface area contributed by atoms with Crippen LogP contribution in [0.2, 0.25) is 0 Å². The van der Waals surface area contributed by atoms with Crippen LogP contribution in [0.1, 0.15) is 27.2 Å². The van der Waals surface area contributed by atoms with Gasteiger partial charge in [-0.2, -0.15) is 5.10 Å². The van der Waals surface area contributed by atoms with Crippen molar-refractivity contribution >= 4 is 28.3 Å². The van der Waals surface area contributed by atoms with Crippen LogP contribution in [0.4, 0.5) is 20.4 Å². The largest absolute Gasteiger partial charge is 0.497 e. The summed E-state index contributed by atoms with van der Waals surface area (Å²) in [6.45, 7) is 2.66. The van der Waals surface area contributed by atoms with Gasteiger partial charge in [0.1, 0.15) is 34.8 Å². The molecule has 0 unspecified atom stereocenters. The molecule has 1 aliphatic heterocycles. The molecule has 0 spiro atoms. The zero-order chi connectivity index (χ0) is 36.2. The lowest BCUT2D eigenvalue weighted by atomic mass is 10.0. The SMILES string of the molecule is COc1ccc(-c2cc(Nc3cc(CN4CCN(C(=O)c5cc(Cc6n[nH]c(=O)c7ccccc67)ccc5F)CC4)ccn3)ncc2F)c(OC)c1. The molecule has 3 aromatic heterocycles. The van der Waals surface area contributed by atoms with Crippen molar-refractivity contribution in [2.75, 3.05) is 45.7 Å². The number of H-pyrrole nitrogens is 1. The topological polar surface area (TPSA) is 126 Å². The molecule has 1 fully saturated rings. The van der Waals surface area contributed by atoms with Crippen molar-refractivity contribution in [2.24, 2.45) is 0 Å². The third kappa shape index (κ3) is 7.30. The molecule has 11 nitrogen and oxygen atoms in total. The highest BCUT2D eigenvalue weighted by Crippen LogP contribution is 2.36. The average molecular weight is 704 g/mol. The van der Waals surface area contributed by atoms with Gasteiger partial charge in [-0.3, -0.25) is 14.5 Å². The van der Waals surface area contributed by atoms with E-state index in [0.29, 0.717) is 95.4 Å². The maximum Gasteiger partial charge on any atom is 0.272 e. The summed E-state index contributed by atoms with van der Waals surface area (Å²) in [7, 11) is 3.07. The number of pyridine rings is 2. The van der Waals surface area contributed by atoms with Crippen molar-refractivity contribution in [3.8, 4) is 22.6 Å². The van der Waals surface area contributed by atoms with Crippen molar-refractivity contribution in [1.29, 1.82) is 0 Å². The third-order valence-electron chi connectivity index (χ3n) is 9.11. The molecule has 4 heterocycles. The molecule has 0 aliphatic carbocycles. The third-order valence-corrected chi connectivity index (χ3v) is 9.11. The Labute approximate surface area is 297 Å². The van der Waals surface area contributed by atoms with Crippen LogP contribution in [0.25, 0.3) is 21.9 Å². The second-order valence-electron chi connectivity index (χ2n) is 12.4. The summed E-state index contributed by atoms with van der Waals surface area (Å²) in [4.78, 5) is 38.2. The quantitative estimate of drug-likeness (QED) is 0.178. The number of halogens is 2. The molecule has 7 rings (SSSR count). The first kappa shape index (κ1) is 34.2. The van der Waals surface area contributed by atoms with Crippen LogP contribution in [0, 0.1) is 11.6 Å². The monoisotopic (exact) mass is 703 g/mol. The molecule has 13 heteroatoms. The minimum absolute atomic E-state index is 0.00697. The van der Waals surface area contributed by atoms with Gasteiger partial charge in [-0.05, 0) is 59.7 Å². The van der Waals surface area contributed by atoms with Crippen LogP contribution in [0.5, 0.6) is 11.5 Å². The van der Waals surface area contributed by atoms with Gasteiger partial charge in [-0.25, -0.2) is 23.8 Å². The van der Waals surface area contributed by atoms with E-state index in [1.54, 1.807) is 66.7 Å². The Morgan fingerprint density at radius 2 is 1.62 bits per heavy atom. The number of carbonyl (C=O) groups is 1. The molecular weight excluding hydrogens is 668 g/mol. The highest BCUT2D eigenvalue weighted by Gasteiger charge is 2.25. The van der Waals surface area contributed by atoms with Crippen LogP contribution in [-0.2, 0) is 13.0 Å². The fourth-order valence-corrected chi connectivity index (χ4v) is 6.39. The number of anilines is 2. The van der Waals surface area contributed by atoms with E-state index in [-0.39, 0.29) is 17.0 Å². The number of hydrogen-bond donors (Lipinski definition) is 2. The molecule has 0 atom stereocenters. The van der Waals surface area contributed by atoms with Crippen molar-refractivity contribution in [3.05, 3.63) is 136 Å². The maximum atomic E-state index is 15.0. The van der Waals surface area contributed by atoms with E-state index in [0.717, 1.165) is 11.8 Å². The molecule has 6 aromatic rings. The number of aromatic amines is 1. The average Bonchev–Trinajstić information content (AvgIpc) is 3.17.